The van der Waals surface area contributed by atoms with E-state index in [4.69, 9.17) is 21.1 Å². The van der Waals surface area contributed by atoms with Crippen molar-refractivity contribution in [2.24, 2.45) is 0 Å². The largest absolute Gasteiger partial charge is 0.353 e. The molecule has 1 atom stereocenters. The first-order valence-electron chi connectivity index (χ1n) is 2.60. The second-order valence-electron chi connectivity index (χ2n) is 1.30. The molecular weight excluding hydrogens is 128 g/mol. The van der Waals surface area contributed by atoms with Crippen molar-refractivity contribution in [1.82, 2.24) is 0 Å². The molecule has 0 aliphatic heterocycles. The molecule has 2 nitrogen and oxygen atoms in total. The zero-order chi connectivity index (χ0) is 6.41. The molecule has 0 spiro atoms. The maximum absolute atomic E-state index is 5.23. The lowest BCUT2D eigenvalue weighted by Crippen LogP contribution is -2.11. The van der Waals surface area contributed by atoms with Crippen LogP contribution >= 0.6 is 11.6 Å². The highest BCUT2D eigenvalue weighted by Gasteiger charge is 1.95. The van der Waals surface area contributed by atoms with Crippen LogP contribution in [-0.2, 0) is 9.47 Å². The van der Waals surface area contributed by atoms with E-state index in [0.29, 0.717) is 6.61 Å². The van der Waals surface area contributed by atoms with E-state index in [1.165, 1.54) is 0 Å². The van der Waals surface area contributed by atoms with Gasteiger partial charge in [0.2, 0.25) is 0 Å². The van der Waals surface area contributed by atoms with Crippen LogP contribution < -0.4 is 0 Å². The van der Waals surface area contributed by atoms with Crippen molar-refractivity contribution < 1.29 is 9.47 Å². The number of alkyl halides is 1. The zero-order valence-electron chi connectivity index (χ0n) is 5.19. The highest BCUT2D eigenvalue weighted by molar-refractivity contribution is 6.17. The summed E-state index contributed by atoms with van der Waals surface area (Å²) in [5.74, 6) is 0. The van der Waals surface area contributed by atoms with Crippen LogP contribution in [-0.4, -0.2) is 19.0 Å². The van der Waals surface area contributed by atoms with Crippen LogP contribution in [0.5, 0.6) is 0 Å². The molecule has 8 heavy (non-hydrogen) atoms. The summed E-state index contributed by atoms with van der Waals surface area (Å²) in [7, 11) is 0. The summed E-state index contributed by atoms with van der Waals surface area (Å²) in [6, 6.07) is 0.196. The minimum atomic E-state index is -0.169. The first kappa shape index (κ1) is 8.21. The van der Waals surface area contributed by atoms with Crippen molar-refractivity contribution >= 4 is 11.6 Å². The molecular formula is C5H11ClO2. The Balaban J connectivity index is 2.92. The van der Waals surface area contributed by atoms with E-state index in [2.05, 4.69) is 0 Å². The first-order chi connectivity index (χ1) is 3.81. The average Bonchev–Trinajstić information content (AvgIpc) is 1.68. The second-order valence-corrected chi connectivity index (χ2v) is 1.52. The standard InChI is InChI=1S/C5H11ClO2/c1-3-7-5(2)8-4-6/h5H,3-4H2,1-2H3. The van der Waals surface area contributed by atoms with Gasteiger partial charge in [-0.1, -0.05) is 11.6 Å². The summed E-state index contributed by atoms with van der Waals surface area (Å²) in [5.41, 5.74) is 0. The number of hydrogen-bond acceptors (Lipinski definition) is 2. The van der Waals surface area contributed by atoms with Crippen LogP contribution in [0.1, 0.15) is 13.8 Å². The molecule has 0 saturated heterocycles. The molecule has 0 saturated carbocycles. The summed E-state index contributed by atoms with van der Waals surface area (Å²) in [6.45, 7) is 4.39. The van der Waals surface area contributed by atoms with Gasteiger partial charge in [-0.05, 0) is 13.8 Å². The van der Waals surface area contributed by atoms with Gasteiger partial charge in [0, 0.05) is 6.61 Å². The van der Waals surface area contributed by atoms with Crippen LogP contribution in [0.4, 0.5) is 0 Å². The van der Waals surface area contributed by atoms with Gasteiger partial charge < -0.3 is 9.47 Å². The SMILES string of the molecule is CCOC(C)OCCl. The summed E-state index contributed by atoms with van der Waals surface area (Å²) < 4.78 is 9.80. The van der Waals surface area contributed by atoms with Crippen molar-refractivity contribution in [2.45, 2.75) is 20.1 Å². The van der Waals surface area contributed by atoms with Crippen molar-refractivity contribution in [2.75, 3.05) is 12.7 Å². The molecule has 0 aromatic carbocycles. The highest BCUT2D eigenvalue weighted by atomic mass is 35.5. The second kappa shape index (κ2) is 5.35. The molecule has 50 valence electrons. The molecule has 3 heteroatoms. The van der Waals surface area contributed by atoms with Crippen molar-refractivity contribution in [3.63, 3.8) is 0 Å². The minimum absolute atomic E-state index is 0.169. The predicted molar refractivity (Wildman–Crippen MR) is 32.9 cm³/mol. The molecule has 0 N–H and O–H groups in total. The third kappa shape index (κ3) is 4.37. The van der Waals surface area contributed by atoms with E-state index >= 15 is 0 Å². The maximum Gasteiger partial charge on any atom is 0.156 e. The number of ether oxygens (including phenoxy) is 2. The van der Waals surface area contributed by atoms with Gasteiger partial charge in [0.1, 0.15) is 6.07 Å². The molecule has 1 unspecified atom stereocenters. The molecule has 0 aromatic heterocycles. The molecule has 0 bridgehead atoms. The highest BCUT2D eigenvalue weighted by Crippen LogP contribution is 1.92. The van der Waals surface area contributed by atoms with E-state index in [-0.39, 0.29) is 12.4 Å². The molecule has 0 fully saturated rings. The molecule has 0 aliphatic rings. The van der Waals surface area contributed by atoms with Gasteiger partial charge in [0.15, 0.2) is 6.29 Å². The average molecular weight is 139 g/mol. The summed E-state index contributed by atoms with van der Waals surface area (Å²) in [6.07, 6.45) is -0.169. The first-order valence-corrected chi connectivity index (χ1v) is 3.13. The fraction of sp³-hybridized carbons (Fsp3) is 1.00. The van der Waals surface area contributed by atoms with E-state index in [1.54, 1.807) is 0 Å². The normalized spacial score (nSPS) is 13.9. The van der Waals surface area contributed by atoms with E-state index in [9.17, 15) is 0 Å². The van der Waals surface area contributed by atoms with Gasteiger partial charge in [-0.15, -0.1) is 0 Å². The van der Waals surface area contributed by atoms with E-state index in [1.807, 2.05) is 13.8 Å². The van der Waals surface area contributed by atoms with Crippen LogP contribution in [0, 0.1) is 0 Å². The number of rotatable bonds is 4. The third-order valence-corrected chi connectivity index (χ3v) is 0.825. The Hall–Kier alpha value is 0.210. The number of hydrogen-bond donors (Lipinski definition) is 0. The molecule has 0 amide bonds. The Morgan fingerprint density at radius 2 is 2.12 bits per heavy atom. The summed E-state index contributed by atoms with van der Waals surface area (Å²) in [4.78, 5) is 0. The quantitative estimate of drug-likeness (QED) is 0.434. The Bertz CT molecular complexity index is 43.7. The zero-order valence-corrected chi connectivity index (χ0v) is 5.94. The Labute approximate surface area is 54.7 Å². The van der Waals surface area contributed by atoms with Crippen LogP contribution in [0.15, 0.2) is 0 Å². The van der Waals surface area contributed by atoms with Gasteiger partial charge in [-0.25, -0.2) is 0 Å². The smallest absolute Gasteiger partial charge is 0.156 e. The lowest BCUT2D eigenvalue weighted by molar-refractivity contribution is -0.113. The van der Waals surface area contributed by atoms with Gasteiger partial charge >= 0.3 is 0 Å². The fourth-order valence-corrected chi connectivity index (χ4v) is 0.549. The Morgan fingerprint density at radius 3 is 2.50 bits per heavy atom. The van der Waals surface area contributed by atoms with Crippen LogP contribution in [0.3, 0.4) is 0 Å². The lowest BCUT2D eigenvalue weighted by Gasteiger charge is -2.08. The molecule has 0 aliphatic carbocycles. The maximum atomic E-state index is 5.23. The van der Waals surface area contributed by atoms with Crippen molar-refractivity contribution in [3.05, 3.63) is 0 Å². The topological polar surface area (TPSA) is 18.5 Å². The van der Waals surface area contributed by atoms with Crippen molar-refractivity contribution in [1.29, 1.82) is 0 Å². The van der Waals surface area contributed by atoms with Crippen LogP contribution in [0.2, 0.25) is 0 Å². The molecule has 0 heterocycles. The van der Waals surface area contributed by atoms with Gasteiger partial charge in [0.05, 0.1) is 0 Å². The predicted octanol–water partition coefficient (Wildman–Crippen LogP) is 1.58. The third-order valence-electron chi connectivity index (χ3n) is 0.699. The monoisotopic (exact) mass is 138 g/mol. The van der Waals surface area contributed by atoms with E-state index in [0.717, 1.165) is 0 Å². The van der Waals surface area contributed by atoms with Crippen molar-refractivity contribution in [3.8, 4) is 0 Å². The summed E-state index contributed by atoms with van der Waals surface area (Å²) >= 11 is 5.23. The van der Waals surface area contributed by atoms with Gasteiger partial charge in [0.25, 0.3) is 0 Å². The fourth-order valence-electron chi connectivity index (χ4n) is 0.372. The van der Waals surface area contributed by atoms with E-state index < -0.39 is 0 Å². The van der Waals surface area contributed by atoms with Crippen LogP contribution in [0.25, 0.3) is 0 Å². The van der Waals surface area contributed by atoms with Gasteiger partial charge in [-0.3, -0.25) is 0 Å². The molecule has 0 aromatic rings. The minimum Gasteiger partial charge on any atom is -0.353 e. The summed E-state index contributed by atoms with van der Waals surface area (Å²) in [5, 5.41) is 0. The Morgan fingerprint density at radius 1 is 1.50 bits per heavy atom. The number of halogens is 1. The lowest BCUT2D eigenvalue weighted by atomic mass is 10.7. The van der Waals surface area contributed by atoms with Gasteiger partial charge in [-0.2, -0.15) is 0 Å². The molecule has 0 radical (unpaired) electrons. The Kier molecular flexibility index (Phi) is 5.49. The molecule has 0 rings (SSSR count).